The number of hydrogen-bond donors (Lipinski definition) is 2. The van der Waals surface area contributed by atoms with Gasteiger partial charge in [0.1, 0.15) is 5.00 Å². The molecule has 1 aromatic rings. The topological polar surface area (TPSA) is 84.7 Å². The monoisotopic (exact) mass is 323 g/mol. The number of anilines is 1. The van der Waals surface area contributed by atoms with Crippen LogP contribution in [0.5, 0.6) is 0 Å². The molecule has 0 radical (unpaired) electrons. The summed E-state index contributed by atoms with van der Waals surface area (Å²) in [7, 11) is 0. The van der Waals surface area contributed by atoms with Crippen LogP contribution in [0, 0.1) is 0 Å². The Bertz CT molecular complexity index is 579. The Hall–Kier alpha value is -1.44. The molecule has 2 aliphatic rings. The Kier molecular flexibility index (Phi) is 4.75. The molecule has 0 bridgehead atoms. The lowest BCUT2D eigenvalue weighted by atomic mass is 9.95. The van der Waals surface area contributed by atoms with E-state index >= 15 is 0 Å². The third kappa shape index (κ3) is 3.31. The highest BCUT2D eigenvalue weighted by atomic mass is 32.1. The summed E-state index contributed by atoms with van der Waals surface area (Å²) in [6, 6.07) is 0. The Morgan fingerprint density at radius 3 is 2.68 bits per heavy atom. The third-order valence-electron chi connectivity index (χ3n) is 4.14. The standard InChI is InChI=1S/C15H21N3O3S/c16-14(20)13-10-3-1-2-4-11(10)22-15(13)17-12(19)9-18-5-7-21-8-6-18/h1-9H2,(H2,16,20)(H,17,19). The number of morpholine rings is 1. The molecule has 22 heavy (non-hydrogen) atoms. The number of hydrogen-bond acceptors (Lipinski definition) is 5. The molecular formula is C15H21N3O3S. The lowest BCUT2D eigenvalue weighted by Crippen LogP contribution is -2.41. The van der Waals surface area contributed by atoms with Crippen LogP contribution in [-0.4, -0.2) is 49.6 Å². The maximum absolute atomic E-state index is 12.2. The molecule has 120 valence electrons. The molecule has 7 heteroatoms. The fraction of sp³-hybridized carbons (Fsp3) is 0.600. The molecule has 1 saturated heterocycles. The van der Waals surface area contributed by atoms with Crippen molar-refractivity contribution in [2.75, 3.05) is 38.2 Å². The number of fused-ring (bicyclic) bond motifs is 1. The molecule has 3 N–H and O–H groups in total. The number of rotatable bonds is 4. The van der Waals surface area contributed by atoms with E-state index in [1.807, 2.05) is 0 Å². The van der Waals surface area contributed by atoms with E-state index in [4.69, 9.17) is 10.5 Å². The highest BCUT2D eigenvalue weighted by Crippen LogP contribution is 2.37. The van der Waals surface area contributed by atoms with E-state index in [0.717, 1.165) is 44.3 Å². The van der Waals surface area contributed by atoms with E-state index < -0.39 is 5.91 Å². The number of thiophene rings is 1. The van der Waals surface area contributed by atoms with Gasteiger partial charge in [0.05, 0.1) is 25.3 Å². The second-order valence-corrected chi connectivity index (χ2v) is 6.82. The number of nitrogens with two attached hydrogens (primary N) is 1. The van der Waals surface area contributed by atoms with Crippen molar-refractivity contribution in [2.45, 2.75) is 25.7 Å². The van der Waals surface area contributed by atoms with Crippen molar-refractivity contribution in [3.63, 3.8) is 0 Å². The first kappa shape index (κ1) is 15.5. The normalized spacial score (nSPS) is 18.7. The Morgan fingerprint density at radius 2 is 1.95 bits per heavy atom. The summed E-state index contributed by atoms with van der Waals surface area (Å²) in [5.41, 5.74) is 7.10. The van der Waals surface area contributed by atoms with Crippen molar-refractivity contribution < 1.29 is 14.3 Å². The zero-order valence-corrected chi connectivity index (χ0v) is 13.3. The smallest absolute Gasteiger partial charge is 0.251 e. The molecule has 0 saturated carbocycles. The SMILES string of the molecule is NC(=O)c1c(NC(=O)CN2CCOCC2)sc2c1CCCC2. The summed E-state index contributed by atoms with van der Waals surface area (Å²) in [4.78, 5) is 27.3. The number of amides is 2. The number of nitrogens with zero attached hydrogens (tertiary/aromatic N) is 1. The average molecular weight is 323 g/mol. The number of primary amides is 1. The fourth-order valence-electron chi connectivity index (χ4n) is 3.04. The van der Waals surface area contributed by atoms with Crippen LogP contribution in [0.15, 0.2) is 0 Å². The minimum Gasteiger partial charge on any atom is -0.379 e. The largest absolute Gasteiger partial charge is 0.379 e. The van der Waals surface area contributed by atoms with E-state index in [1.54, 1.807) is 0 Å². The minimum atomic E-state index is -0.443. The van der Waals surface area contributed by atoms with Gasteiger partial charge in [-0.25, -0.2) is 0 Å². The summed E-state index contributed by atoms with van der Waals surface area (Å²) in [6.45, 7) is 3.17. The predicted molar refractivity (Wildman–Crippen MR) is 85.4 cm³/mol. The number of carbonyl (C=O) groups excluding carboxylic acids is 2. The van der Waals surface area contributed by atoms with Crippen molar-refractivity contribution in [1.29, 1.82) is 0 Å². The summed E-state index contributed by atoms with van der Waals surface area (Å²) < 4.78 is 5.27. The Balaban J connectivity index is 1.72. The zero-order chi connectivity index (χ0) is 15.5. The van der Waals surface area contributed by atoms with E-state index in [1.165, 1.54) is 16.2 Å². The van der Waals surface area contributed by atoms with Crippen molar-refractivity contribution >= 4 is 28.2 Å². The lowest BCUT2D eigenvalue weighted by Gasteiger charge is -2.25. The molecule has 6 nitrogen and oxygen atoms in total. The van der Waals surface area contributed by atoms with Gasteiger partial charge < -0.3 is 15.8 Å². The molecule has 2 amide bonds. The first-order chi connectivity index (χ1) is 10.6. The molecule has 1 aromatic heterocycles. The predicted octanol–water partition coefficient (Wildman–Crippen LogP) is 0.996. The van der Waals surface area contributed by atoms with Crippen molar-refractivity contribution in [3.05, 3.63) is 16.0 Å². The quantitative estimate of drug-likeness (QED) is 0.865. The molecule has 0 spiro atoms. The van der Waals surface area contributed by atoms with E-state index in [9.17, 15) is 9.59 Å². The number of ether oxygens (including phenoxy) is 1. The molecule has 0 atom stereocenters. The molecule has 0 unspecified atom stereocenters. The zero-order valence-electron chi connectivity index (χ0n) is 12.5. The van der Waals surface area contributed by atoms with Crippen molar-refractivity contribution in [3.8, 4) is 0 Å². The van der Waals surface area contributed by atoms with Gasteiger partial charge >= 0.3 is 0 Å². The Labute approximate surface area is 133 Å². The fourth-order valence-corrected chi connectivity index (χ4v) is 4.35. The van der Waals surface area contributed by atoms with Gasteiger partial charge in [0.25, 0.3) is 5.91 Å². The maximum atomic E-state index is 12.2. The highest BCUT2D eigenvalue weighted by molar-refractivity contribution is 7.17. The van der Waals surface area contributed by atoms with Crippen molar-refractivity contribution in [1.82, 2.24) is 4.90 Å². The van der Waals surface area contributed by atoms with E-state index in [0.29, 0.717) is 30.3 Å². The molecule has 1 fully saturated rings. The van der Waals surface area contributed by atoms with Gasteiger partial charge in [-0.3, -0.25) is 14.5 Å². The van der Waals surface area contributed by atoms with Crippen LogP contribution in [-0.2, 0) is 22.4 Å². The maximum Gasteiger partial charge on any atom is 0.251 e. The molecule has 3 rings (SSSR count). The van der Waals surface area contributed by atoms with E-state index in [2.05, 4.69) is 10.2 Å². The van der Waals surface area contributed by atoms with E-state index in [-0.39, 0.29) is 5.91 Å². The number of nitrogens with one attached hydrogen (secondary N) is 1. The number of carbonyl (C=O) groups is 2. The van der Waals surface area contributed by atoms with Crippen LogP contribution in [0.4, 0.5) is 5.00 Å². The number of aryl methyl sites for hydroxylation is 1. The van der Waals surface area contributed by atoms with Crippen LogP contribution in [0.3, 0.4) is 0 Å². The summed E-state index contributed by atoms with van der Waals surface area (Å²) in [5, 5.41) is 3.52. The van der Waals surface area contributed by atoms with Crippen LogP contribution >= 0.6 is 11.3 Å². The molecule has 0 aromatic carbocycles. The van der Waals surface area contributed by atoms with Crippen LogP contribution in [0.1, 0.15) is 33.6 Å². The van der Waals surface area contributed by atoms with Gasteiger partial charge in [-0.15, -0.1) is 11.3 Å². The average Bonchev–Trinajstić information content (AvgIpc) is 2.85. The Morgan fingerprint density at radius 1 is 1.23 bits per heavy atom. The second kappa shape index (κ2) is 6.76. The first-order valence-electron chi connectivity index (χ1n) is 7.69. The molecule has 2 heterocycles. The molecule has 1 aliphatic heterocycles. The minimum absolute atomic E-state index is 0.0944. The second-order valence-electron chi connectivity index (χ2n) is 5.72. The van der Waals surface area contributed by atoms with Crippen LogP contribution in [0.25, 0.3) is 0 Å². The van der Waals surface area contributed by atoms with Crippen LogP contribution < -0.4 is 11.1 Å². The van der Waals surface area contributed by atoms with Crippen molar-refractivity contribution in [2.24, 2.45) is 5.73 Å². The highest BCUT2D eigenvalue weighted by Gasteiger charge is 2.25. The summed E-state index contributed by atoms with van der Waals surface area (Å²) in [6.07, 6.45) is 4.06. The van der Waals surface area contributed by atoms with Gasteiger partial charge in [0, 0.05) is 18.0 Å². The van der Waals surface area contributed by atoms with Gasteiger partial charge in [-0.1, -0.05) is 0 Å². The van der Waals surface area contributed by atoms with Crippen LogP contribution in [0.2, 0.25) is 0 Å². The lowest BCUT2D eigenvalue weighted by molar-refractivity contribution is -0.118. The first-order valence-corrected chi connectivity index (χ1v) is 8.51. The third-order valence-corrected chi connectivity index (χ3v) is 5.35. The van der Waals surface area contributed by atoms with Gasteiger partial charge in [-0.2, -0.15) is 0 Å². The molecule has 1 aliphatic carbocycles. The molecular weight excluding hydrogens is 302 g/mol. The summed E-state index contributed by atoms with van der Waals surface area (Å²) >= 11 is 1.50. The van der Waals surface area contributed by atoms with Gasteiger partial charge in [-0.05, 0) is 31.2 Å². The summed E-state index contributed by atoms with van der Waals surface area (Å²) in [5.74, 6) is -0.538. The van der Waals surface area contributed by atoms with Gasteiger partial charge in [0.15, 0.2) is 0 Å². The van der Waals surface area contributed by atoms with Gasteiger partial charge in [0.2, 0.25) is 5.91 Å².